The first-order valence-corrected chi connectivity index (χ1v) is 21.9. The van der Waals surface area contributed by atoms with Crippen LogP contribution in [0.2, 0.25) is 0 Å². The van der Waals surface area contributed by atoms with E-state index < -0.39 is 58.9 Å². The third kappa shape index (κ3) is 10.3. The first kappa shape index (κ1) is 44.6. The number of nitrogens with one attached hydrogen (secondary N) is 3. The summed E-state index contributed by atoms with van der Waals surface area (Å²) < 4.78 is 25.9. The monoisotopic (exact) mass is 858 g/mol. The number of hydrogen-bond acceptors (Lipinski definition) is 12. The molecule has 17 heteroatoms. The fourth-order valence-corrected chi connectivity index (χ4v) is 8.66. The molecule has 3 aromatic rings. The zero-order valence-corrected chi connectivity index (χ0v) is 36.7. The Hall–Kier alpha value is -5.42. The number of morpholine rings is 1. The van der Waals surface area contributed by atoms with E-state index in [4.69, 9.17) is 29.0 Å². The average molecular weight is 859 g/mol. The van der Waals surface area contributed by atoms with Gasteiger partial charge in [0.1, 0.15) is 53.8 Å². The van der Waals surface area contributed by atoms with Crippen LogP contribution in [0.4, 0.5) is 10.6 Å². The van der Waals surface area contributed by atoms with E-state index in [0.29, 0.717) is 59.8 Å². The summed E-state index contributed by atoms with van der Waals surface area (Å²) in [6, 6.07) is 7.15. The standard InChI is InChI=1S/C45H62N8O9/c1-8-29-25-45(29,42(56)57)49-40(54)35-23-32(26-52(35)41(55)39(44(5,6)7)48-43(58)62-31-10-9-28(4)21-31)61-36-24-38(53-14-13-37(50-53)46-27(2)3)47-34-22-30(11-12-33(34)36)60-20-17-51-15-18-59-19-16-51/h8,11-14,22,24,27-29,31-32,35,39H,1,9-10,15-21,23,25-26H2,2-7H3,(H,46,50)(H,48,58)(H,49,54)(H,56,57)/t28-,29+,31?,32+,35-,39+,45+/m0/s1. The van der Waals surface area contributed by atoms with Crippen molar-refractivity contribution in [2.45, 2.75) is 110 Å². The van der Waals surface area contributed by atoms with Gasteiger partial charge in [-0.25, -0.2) is 19.3 Å². The van der Waals surface area contributed by atoms with Gasteiger partial charge in [-0.3, -0.25) is 14.5 Å². The summed E-state index contributed by atoms with van der Waals surface area (Å²) in [4.78, 5) is 63.5. The average Bonchev–Trinajstić information content (AvgIpc) is 3.53. The molecule has 4 N–H and O–H groups in total. The number of aliphatic carboxylic acids is 1. The van der Waals surface area contributed by atoms with E-state index in [2.05, 4.69) is 34.4 Å². The minimum atomic E-state index is -1.53. The van der Waals surface area contributed by atoms with E-state index in [-0.39, 0.29) is 31.5 Å². The Morgan fingerprint density at radius 1 is 1.08 bits per heavy atom. The summed E-state index contributed by atoms with van der Waals surface area (Å²) in [5, 5.41) is 24.4. The summed E-state index contributed by atoms with van der Waals surface area (Å²) >= 11 is 0. The molecular weight excluding hydrogens is 797 g/mol. The lowest BCUT2D eigenvalue weighted by Crippen LogP contribution is -2.59. The van der Waals surface area contributed by atoms with Gasteiger partial charge in [0.25, 0.3) is 0 Å². The van der Waals surface area contributed by atoms with Crippen molar-refractivity contribution in [1.82, 2.24) is 35.2 Å². The summed E-state index contributed by atoms with van der Waals surface area (Å²) in [5.41, 5.74) is -1.74. The van der Waals surface area contributed by atoms with Crippen molar-refractivity contribution in [2.24, 2.45) is 17.3 Å². The molecular formula is C45H62N8O9. The number of carboxylic acid groups (broad SMARTS) is 1. The van der Waals surface area contributed by atoms with Gasteiger partial charge in [-0.15, -0.1) is 11.7 Å². The minimum absolute atomic E-state index is 0.0303. The normalized spacial score (nSPS) is 25.6. The van der Waals surface area contributed by atoms with Crippen LogP contribution < -0.4 is 25.4 Å². The smallest absolute Gasteiger partial charge is 0.408 e. The van der Waals surface area contributed by atoms with E-state index >= 15 is 0 Å². The number of aromatic nitrogens is 3. The Bertz CT molecular complexity index is 2130. The fraction of sp³-hybridized carbons (Fsp3) is 0.600. The largest absolute Gasteiger partial charge is 0.492 e. The van der Waals surface area contributed by atoms with Crippen LogP contribution in [0.25, 0.3) is 16.7 Å². The minimum Gasteiger partial charge on any atom is -0.492 e. The van der Waals surface area contributed by atoms with Gasteiger partial charge in [-0.2, -0.15) is 0 Å². The molecule has 0 spiro atoms. The highest BCUT2D eigenvalue weighted by Crippen LogP contribution is 2.45. The van der Waals surface area contributed by atoms with Crippen LogP contribution in [0.5, 0.6) is 11.5 Å². The van der Waals surface area contributed by atoms with Crippen molar-refractivity contribution in [3.8, 4) is 17.3 Å². The van der Waals surface area contributed by atoms with Crippen LogP contribution in [0.15, 0.2) is 49.2 Å². The first-order chi connectivity index (χ1) is 29.5. The number of alkyl carbamates (subject to hydrolysis) is 1. The van der Waals surface area contributed by atoms with Crippen molar-refractivity contribution in [3.05, 3.63) is 49.2 Å². The quantitative estimate of drug-likeness (QED) is 0.144. The predicted octanol–water partition coefficient (Wildman–Crippen LogP) is 4.78. The van der Waals surface area contributed by atoms with E-state index in [1.807, 2.05) is 58.9 Å². The number of rotatable bonds is 16. The van der Waals surface area contributed by atoms with Crippen molar-refractivity contribution in [3.63, 3.8) is 0 Å². The van der Waals surface area contributed by atoms with Crippen LogP contribution >= 0.6 is 0 Å². The number of carbonyl (C=O) groups is 4. The van der Waals surface area contributed by atoms with E-state index in [1.54, 1.807) is 16.9 Å². The molecule has 2 aliphatic heterocycles. The Morgan fingerprint density at radius 3 is 2.52 bits per heavy atom. The topological polar surface area (TPSA) is 199 Å². The lowest BCUT2D eigenvalue weighted by molar-refractivity contribution is -0.146. The van der Waals surface area contributed by atoms with Crippen LogP contribution in [0.3, 0.4) is 0 Å². The molecule has 4 aliphatic rings. The Labute approximate surface area is 362 Å². The van der Waals surface area contributed by atoms with E-state index in [0.717, 1.165) is 38.9 Å². The lowest BCUT2D eigenvalue weighted by Gasteiger charge is -2.35. The number of benzene rings is 1. The number of hydrogen-bond donors (Lipinski definition) is 4. The molecule has 2 aromatic heterocycles. The molecule has 4 heterocycles. The second-order valence-electron chi connectivity index (χ2n) is 18.6. The van der Waals surface area contributed by atoms with E-state index in [9.17, 15) is 24.3 Å². The molecule has 62 heavy (non-hydrogen) atoms. The van der Waals surface area contributed by atoms with Gasteiger partial charge in [0.2, 0.25) is 11.8 Å². The van der Waals surface area contributed by atoms with Crippen LogP contribution in [-0.2, 0) is 23.9 Å². The molecule has 336 valence electrons. The molecule has 4 fully saturated rings. The fourth-order valence-electron chi connectivity index (χ4n) is 8.66. The number of fused-ring (bicyclic) bond motifs is 1. The highest BCUT2D eigenvalue weighted by atomic mass is 16.6. The van der Waals surface area contributed by atoms with Gasteiger partial charge in [0.15, 0.2) is 5.82 Å². The molecule has 2 aliphatic carbocycles. The Morgan fingerprint density at radius 2 is 1.85 bits per heavy atom. The highest BCUT2D eigenvalue weighted by Gasteiger charge is 2.61. The molecule has 7 rings (SSSR count). The molecule has 0 bridgehead atoms. The predicted molar refractivity (Wildman–Crippen MR) is 231 cm³/mol. The number of carbonyl (C=O) groups excluding carboxylic acids is 3. The number of carboxylic acids is 1. The van der Waals surface area contributed by atoms with Crippen LogP contribution in [0.1, 0.15) is 73.6 Å². The van der Waals surface area contributed by atoms with E-state index in [1.165, 1.54) is 11.0 Å². The zero-order chi connectivity index (χ0) is 44.3. The van der Waals surface area contributed by atoms with Crippen LogP contribution in [-0.4, -0.2) is 135 Å². The third-order valence-corrected chi connectivity index (χ3v) is 12.2. The molecule has 7 atom stereocenters. The number of ether oxygens (including phenoxy) is 4. The maximum atomic E-state index is 14.8. The molecule has 1 aromatic carbocycles. The molecule has 2 saturated heterocycles. The van der Waals surface area contributed by atoms with Gasteiger partial charge < -0.3 is 44.9 Å². The number of pyridine rings is 1. The number of nitrogens with zero attached hydrogens (tertiary/aromatic N) is 5. The molecule has 2 saturated carbocycles. The number of anilines is 1. The molecule has 1 unspecified atom stereocenters. The first-order valence-electron chi connectivity index (χ1n) is 21.9. The molecule has 0 radical (unpaired) electrons. The third-order valence-electron chi connectivity index (χ3n) is 12.2. The Balaban J connectivity index is 1.18. The van der Waals surface area contributed by atoms with Gasteiger partial charge in [-0.05, 0) is 63.0 Å². The summed E-state index contributed by atoms with van der Waals surface area (Å²) in [6.45, 7) is 19.7. The van der Waals surface area contributed by atoms with Gasteiger partial charge in [-0.1, -0.05) is 33.8 Å². The summed E-state index contributed by atoms with van der Waals surface area (Å²) in [6.07, 6.45) is 4.31. The maximum absolute atomic E-state index is 14.8. The summed E-state index contributed by atoms with van der Waals surface area (Å²) in [5.74, 6) is -0.152. The maximum Gasteiger partial charge on any atom is 0.408 e. The van der Waals surface area contributed by atoms with Crippen molar-refractivity contribution in [2.75, 3.05) is 51.3 Å². The van der Waals surface area contributed by atoms with Gasteiger partial charge in [0, 0.05) is 67.8 Å². The van der Waals surface area contributed by atoms with Crippen molar-refractivity contribution >= 4 is 40.6 Å². The molecule has 17 nitrogen and oxygen atoms in total. The molecule has 3 amide bonds. The Kier molecular flexibility index (Phi) is 13.3. The second kappa shape index (κ2) is 18.5. The van der Waals surface area contributed by atoms with Crippen molar-refractivity contribution < 1.29 is 43.2 Å². The van der Waals surface area contributed by atoms with Crippen LogP contribution in [0, 0.1) is 17.3 Å². The summed E-state index contributed by atoms with van der Waals surface area (Å²) in [7, 11) is 0. The highest BCUT2D eigenvalue weighted by molar-refractivity contribution is 5.96. The second-order valence-corrected chi connectivity index (χ2v) is 18.6. The van der Waals surface area contributed by atoms with Gasteiger partial charge >= 0.3 is 12.1 Å². The van der Waals surface area contributed by atoms with Gasteiger partial charge in [0.05, 0.1) is 25.3 Å². The zero-order valence-electron chi connectivity index (χ0n) is 36.7. The lowest BCUT2D eigenvalue weighted by atomic mass is 9.85. The number of amides is 3. The van der Waals surface area contributed by atoms with Crippen molar-refractivity contribution in [1.29, 1.82) is 0 Å². The SMILES string of the molecule is C=C[C@@H]1C[C@]1(NC(=O)[C@@H]1C[C@@H](Oc2cc(-n3ccc(NC(C)C)n3)nc3cc(OCCN4CCOCC4)ccc23)CN1C(=O)[C@@H](NC(=O)OC1CC[C@H](C)C1)C(C)(C)C)C(=O)O. The number of likely N-dealkylation sites (tertiary alicyclic amines) is 1.